The number of carboxylic acids is 1. The molecule has 0 saturated heterocycles. The molecule has 0 bridgehead atoms. The standard InChI is InChI=1S/C14H15BrN2O3/c1-8-12(9(2)20-17-8)7-16-6-11-4-3-10(14(18)19)5-13(11)15/h3-5,16H,6-7H2,1-2H3,(H,18,19). The molecule has 0 unspecified atom stereocenters. The van der Waals surface area contributed by atoms with E-state index in [1.807, 2.05) is 13.8 Å². The van der Waals surface area contributed by atoms with Gasteiger partial charge in [-0.05, 0) is 31.5 Å². The Balaban J connectivity index is 2.00. The first kappa shape index (κ1) is 14.7. The minimum atomic E-state index is -0.930. The van der Waals surface area contributed by atoms with Crippen LogP contribution in [0.15, 0.2) is 27.2 Å². The second kappa shape index (κ2) is 6.19. The van der Waals surface area contributed by atoms with E-state index in [1.54, 1.807) is 18.2 Å². The van der Waals surface area contributed by atoms with Crippen LogP contribution in [-0.2, 0) is 13.1 Å². The van der Waals surface area contributed by atoms with Gasteiger partial charge in [0.1, 0.15) is 5.76 Å². The van der Waals surface area contributed by atoms with E-state index in [2.05, 4.69) is 26.4 Å². The highest BCUT2D eigenvalue weighted by Crippen LogP contribution is 2.19. The molecule has 2 aromatic rings. The molecule has 0 aliphatic rings. The van der Waals surface area contributed by atoms with Crippen LogP contribution in [0.2, 0.25) is 0 Å². The maximum absolute atomic E-state index is 10.9. The number of carbonyl (C=O) groups is 1. The first-order valence-corrected chi connectivity index (χ1v) is 6.92. The van der Waals surface area contributed by atoms with Crippen molar-refractivity contribution in [2.45, 2.75) is 26.9 Å². The van der Waals surface area contributed by atoms with Gasteiger partial charge in [-0.15, -0.1) is 0 Å². The van der Waals surface area contributed by atoms with Crippen molar-refractivity contribution in [3.63, 3.8) is 0 Å². The Hall–Kier alpha value is -1.66. The third-order valence-corrected chi connectivity index (χ3v) is 3.84. The summed E-state index contributed by atoms with van der Waals surface area (Å²) in [5, 5.41) is 16.1. The molecule has 0 radical (unpaired) electrons. The van der Waals surface area contributed by atoms with Crippen molar-refractivity contribution < 1.29 is 14.4 Å². The molecule has 6 heteroatoms. The zero-order chi connectivity index (χ0) is 14.7. The lowest BCUT2D eigenvalue weighted by atomic mass is 10.1. The molecule has 20 heavy (non-hydrogen) atoms. The number of nitrogens with zero attached hydrogens (tertiary/aromatic N) is 1. The second-order valence-electron chi connectivity index (χ2n) is 4.52. The average molecular weight is 339 g/mol. The van der Waals surface area contributed by atoms with Crippen molar-refractivity contribution in [2.24, 2.45) is 0 Å². The maximum atomic E-state index is 10.9. The third-order valence-electron chi connectivity index (χ3n) is 3.10. The van der Waals surface area contributed by atoms with Gasteiger partial charge in [-0.25, -0.2) is 4.79 Å². The summed E-state index contributed by atoms with van der Waals surface area (Å²) >= 11 is 3.39. The fourth-order valence-electron chi connectivity index (χ4n) is 1.90. The Bertz CT molecular complexity index is 618. The predicted octanol–water partition coefficient (Wildman–Crippen LogP) is 3.04. The van der Waals surface area contributed by atoms with Crippen LogP contribution in [0.1, 0.15) is 32.9 Å². The summed E-state index contributed by atoms with van der Waals surface area (Å²) in [6, 6.07) is 5.00. The molecule has 0 fully saturated rings. The van der Waals surface area contributed by atoms with Crippen LogP contribution in [-0.4, -0.2) is 16.2 Å². The Labute approximate surface area is 125 Å². The van der Waals surface area contributed by atoms with Gasteiger partial charge >= 0.3 is 5.97 Å². The first-order chi connectivity index (χ1) is 9.49. The van der Waals surface area contributed by atoms with Gasteiger partial charge in [-0.1, -0.05) is 27.2 Å². The number of carboxylic acid groups (broad SMARTS) is 1. The number of hydrogen-bond acceptors (Lipinski definition) is 4. The van der Waals surface area contributed by atoms with Gasteiger partial charge in [-0.3, -0.25) is 0 Å². The zero-order valence-corrected chi connectivity index (χ0v) is 12.8. The smallest absolute Gasteiger partial charge is 0.335 e. The molecule has 0 atom stereocenters. The highest BCUT2D eigenvalue weighted by molar-refractivity contribution is 9.10. The Morgan fingerprint density at radius 2 is 2.15 bits per heavy atom. The second-order valence-corrected chi connectivity index (χ2v) is 5.37. The molecule has 106 valence electrons. The van der Waals surface area contributed by atoms with Crippen molar-refractivity contribution >= 4 is 21.9 Å². The van der Waals surface area contributed by atoms with E-state index in [4.69, 9.17) is 9.63 Å². The quantitative estimate of drug-likeness (QED) is 0.876. The molecule has 0 saturated carbocycles. The van der Waals surface area contributed by atoms with Crippen molar-refractivity contribution in [3.8, 4) is 0 Å². The van der Waals surface area contributed by atoms with Crippen LogP contribution in [0.4, 0.5) is 0 Å². The molecule has 0 amide bonds. The van der Waals surface area contributed by atoms with Crippen LogP contribution >= 0.6 is 15.9 Å². The van der Waals surface area contributed by atoms with E-state index >= 15 is 0 Å². The van der Waals surface area contributed by atoms with Crippen LogP contribution in [0.5, 0.6) is 0 Å². The Morgan fingerprint density at radius 3 is 2.70 bits per heavy atom. The van der Waals surface area contributed by atoms with Gasteiger partial charge in [0, 0.05) is 23.1 Å². The number of nitrogens with one attached hydrogen (secondary N) is 1. The molecule has 1 aromatic carbocycles. The summed E-state index contributed by atoms with van der Waals surface area (Å²) in [6.07, 6.45) is 0. The van der Waals surface area contributed by atoms with E-state index < -0.39 is 5.97 Å². The summed E-state index contributed by atoms with van der Waals surface area (Å²) < 4.78 is 5.88. The third kappa shape index (κ3) is 3.26. The van der Waals surface area contributed by atoms with E-state index in [0.717, 1.165) is 27.1 Å². The molecule has 0 aliphatic carbocycles. The summed E-state index contributed by atoms with van der Waals surface area (Å²) in [4.78, 5) is 10.9. The number of halogens is 1. The van der Waals surface area contributed by atoms with Crippen LogP contribution < -0.4 is 5.32 Å². The predicted molar refractivity (Wildman–Crippen MR) is 77.6 cm³/mol. The molecular weight excluding hydrogens is 324 g/mol. The summed E-state index contributed by atoms with van der Waals surface area (Å²) in [5.41, 5.74) is 3.21. The Morgan fingerprint density at radius 1 is 1.40 bits per heavy atom. The van der Waals surface area contributed by atoms with E-state index in [1.165, 1.54) is 0 Å². The molecule has 2 rings (SSSR count). The van der Waals surface area contributed by atoms with Crippen LogP contribution in [0, 0.1) is 13.8 Å². The van der Waals surface area contributed by atoms with Gasteiger partial charge in [0.05, 0.1) is 11.3 Å². The zero-order valence-electron chi connectivity index (χ0n) is 11.2. The van der Waals surface area contributed by atoms with E-state index in [9.17, 15) is 4.79 Å². The molecule has 0 spiro atoms. The lowest BCUT2D eigenvalue weighted by Gasteiger charge is -2.07. The SMILES string of the molecule is Cc1noc(C)c1CNCc1ccc(C(=O)O)cc1Br. The lowest BCUT2D eigenvalue weighted by Crippen LogP contribution is -2.14. The van der Waals surface area contributed by atoms with Crippen LogP contribution in [0.3, 0.4) is 0 Å². The number of aryl methyl sites for hydroxylation is 2. The van der Waals surface area contributed by atoms with Crippen molar-refractivity contribution in [3.05, 3.63) is 50.8 Å². The first-order valence-electron chi connectivity index (χ1n) is 6.13. The van der Waals surface area contributed by atoms with Gasteiger partial charge in [0.2, 0.25) is 0 Å². The minimum absolute atomic E-state index is 0.270. The monoisotopic (exact) mass is 338 g/mol. The molecule has 5 nitrogen and oxygen atoms in total. The highest BCUT2D eigenvalue weighted by atomic mass is 79.9. The number of benzene rings is 1. The van der Waals surface area contributed by atoms with Crippen molar-refractivity contribution in [1.82, 2.24) is 10.5 Å². The van der Waals surface area contributed by atoms with E-state index in [-0.39, 0.29) is 5.56 Å². The molecular formula is C14H15BrN2O3. The fraction of sp³-hybridized carbons (Fsp3) is 0.286. The topological polar surface area (TPSA) is 75.4 Å². The number of aromatic carboxylic acids is 1. The summed E-state index contributed by atoms with van der Waals surface area (Å²) in [5.74, 6) is -0.115. The van der Waals surface area contributed by atoms with Crippen molar-refractivity contribution in [2.75, 3.05) is 0 Å². The van der Waals surface area contributed by atoms with Gasteiger partial charge < -0.3 is 14.9 Å². The lowest BCUT2D eigenvalue weighted by molar-refractivity contribution is 0.0697. The van der Waals surface area contributed by atoms with Gasteiger partial charge in [0.25, 0.3) is 0 Å². The molecule has 1 heterocycles. The van der Waals surface area contributed by atoms with Crippen molar-refractivity contribution in [1.29, 1.82) is 0 Å². The number of rotatable bonds is 5. The number of hydrogen-bond donors (Lipinski definition) is 2. The summed E-state index contributed by atoms with van der Waals surface area (Å²) in [6.45, 7) is 5.08. The van der Waals surface area contributed by atoms with Crippen LogP contribution in [0.25, 0.3) is 0 Å². The maximum Gasteiger partial charge on any atom is 0.335 e. The normalized spacial score (nSPS) is 10.8. The highest BCUT2D eigenvalue weighted by Gasteiger charge is 2.09. The van der Waals surface area contributed by atoms with Gasteiger partial charge in [0.15, 0.2) is 0 Å². The summed E-state index contributed by atoms with van der Waals surface area (Å²) in [7, 11) is 0. The Kier molecular flexibility index (Phi) is 4.57. The molecule has 1 aromatic heterocycles. The van der Waals surface area contributed by atoms with Gasteiger partial charge in [-0.2, -0.15) is 0 Å². The average Bonchev–Trinajstić information content (AvgIpc) is 2.71. The fourth-order valence-corrected chi connectivity index (χ4v) is 2.42. The molecule has 0 aliphatic heterocycles. The minimum Gasteiger partial charge on any atom is -0.478 e. The molecule has 2 N–H and O–H groups in total. The largest absolute Gasteiger partial charge is 0.478 e. The number of aromatic nitrogens is 1. The van der Waals surface area contributed by atoms with E-state index in [0.29, 0.717) is 13.1 Å².